The Balaban J connectivity index is 2.74. The number of sulfonamides is 1. The fourth-order valence-corrected chi connectivity index (χ4v) is 2.75. The smallest absolute Gasteiger partial charge is 0.258 e. The van der Waals surface area contributed by atoms with Crippen LogP contribution in [0.1, 0.15) is 0 Å². The highest BCUT2D eigenvalue weighted by molar-refractivity contribution is 7.89. The highest BCUT2D eigenvalue weighted by atomic mass is 32.2. The minimum Gasteiger partial charge on any atom is -0.258 e. The number of benzene rings is 2. The fourth-order valence-electron chi connectivity index (χ4n) is 1.82. The van der Waals surface area contributed by atoms with E-state index in [2.05, 4.69) is 4.72 Å². The normalized spacial score (nSPS) is 11.2. The first-order valence-corrected chi connectivity index (χ1v) is 7.21. The topological polar surface area (TPSA) is 89.3 Å². The summed E-state index contributed by atoms with van der Waals surface area (Å²) in [5.41, 5.74) is 0.748. The zero-order chi connectivity index (χ0) is 14.8. The van der Waals surface area contributed by atoms with E-state index in [0.29, 0.717) is 11.1 Å². The van der Waals surface area contributed by atoms with E-state index < -0.39 is 14.9 Å². The fraction of sp³-hybridized carbons (Fsp3) is 0.0769. The Hall–Kier alpha value is -2.25. The van der Waals surface area contributed by atoms with Crippen LogP contribution in [-0.2, 0) is 10.0 Å². The lowest BCUT2D eigenvalue weighted by Crippen LogP contribution is -2.19. The van der Waals surface area contributed by atoms with Crippen molar-refractivity contribution in [1.29, 1.82) is 0 Å². The highest BCUT2D eigenvalue weighted by Gasteiger charge is 2.20. The van der Waals surface area contributed by atoms with E-state index in [1.807, 2.05) is 0 Å². The summed E-state index contributed by atoms with van der Waals surface area (Å²) in [6.45, 7) is 0. The van der Waals surface area contributed by atoms with Crippen LogP contribution in [-0.4, -0.2) is 20.4 Å². The summed E-state index contributed by atoms with van der Waals surface area (Å²) < 4.78 is 26.2. The van der Waals surface area contributed by atoms with Crippen molar-refractivity contribution in [2.45, 2.75) is 4.90 Å². The molecular weight excluding hydrogens is 280 g/mol. The summed E-state index contributed by atoms with van der Waals surface area (Å²) >= 11 is 0. The largest absolute Gasteiger partial charge is 0.270 e. The Bertz CT molecular complexity index is 742. The van der Waals surface area contributed by atoms with Gasteiger partial charge in [-0.2, -0.15) is 0 Å². The number of rotatable bonds is 4. The molecule has 20 heavy (non-hydrogen) atoms. The third-order valence-electron chi connectivity index (χ3n) is 2.82. The summed E-state index contributed by atoms with van der Waals surface area (Å²) in [6.07, 6.45) is 0. The first-order valence-electron chi connectivity index (χ1n) is 5.73. The van der Waals surface area contributed by atoms with E-state index in [1.165, 1.54) is 25.2 Å². The molecule has 0 aliphatic rings. The van der Waals surface area contributed by atoms with Gasteiger partial charge in [0.05, 0.1) is 9.82 Å². The molecule has 0 unspecified atom stereocenters. The molecule has 0 saturated carbocycles. The standard InChI is InChI=1S/C13H12N2O4S/c1-14-20(18,19)13-8-7-11(15(16)17)9-12(13)10-5-3-2-4-6-10/h2-9,14H,1H3. The quantitative estimate of drug-likeness (QED) is 0.690. The summed E-state index contributed by atoms with van der Waals surface area (Å²) in [5.74, 6) is 0. The van der Waals surface area contributed by atoms with Crippen LogP contribution < -0.4 is 4.72 Å². The van der Waals surface area contributed by atoms with Crippen molar-refractivity contribution in [3.05, 3.63) is 58.6 Å². The summed E-state index contributed by atoms with van der Waals surface area (Å²) in [5, 5.41) is 10.9. The monoisotopic (exact) mass is 292 g/mol. The van der Waals surface area contributed by atoms with E-state index in [1.54, 1.807) is 30.3 Å². The maximum atomic E-state index is 12.0. The number of hydrogen-bond acceptors (Lipinski definition) is 4. The lowest BCUT2D eigenvalue weighted by atomic mass is 10.1. The van der Waals surface area contributed by atoms with Crippen LogP contribution in [0.15, 0.2) is 53.4 Å². The SMILES string of the molecule is CNS(=O)(=O)c1ccc([N+](=O)[O-])cc1-c1ccccc1. The number of hydrogen-bond donors (Lipinski definition) is 1. The van der Waals surface area contributed by atoms with E-state index in [9.17, 15) is 18.5 Å². The van der Waals surface area contributed by atoms with Crippen molar-refractivity contribution in [2.75, 3.05) is 7.05 Å². The lowest BCUT2D eigenvalue weighted by Gasteiger charge is -2.09. The van der Waals surface area contributed by atoms with Crippen LogP contribution in [0.5, 0.6) is 0 Å². The van der Waals surface area contributed by atoms with E-state index in [-0.39, 0.29) is 10.6 Å². The van der Waals surface area contributed by atoms with E-state index >= 15 is 0 Å². The average molecular weight is 292 g/mol. The molecule has 0 saturated heterocycles. The van der Waals surface area contributed by atoms with Gasteiger partial charge in [-0.05, 0) is 18.7 Å². The number of nitro benzene ring substituents is 1. The zero-order valence-corrected chi connectivity index (χ0v) is 11.4. The minimum atomic E-state index is -3.69. The van der Waals surface area contributed by atoms with Gasteiger partial charge >= 0.3 is 0 Å². The maximum absolute atomic E-state index is 12.0. The van der Waals surface area contributed by atoms with Crippen molar-refractivity contribution in [3.8, 4) is 11.1 Å². The van der Waals surface area contributed by atoms with Gasteiger partial charge in [0.1, 0.15) is 0 Å². The van der Waals surface area contributed by atoms with Gasteiger partial charge in [0, 0.05) is 17.7 Å². The molecule has 0 spiro atoms. The van der Waals surface area contributed by atoms with Crippen molar-refractivity contribution < 1.29 is 13.3 Å². The Morgan fingerprint density at radius 2 is 1.75 bits per heavy atom. The second kappa shape index (κ2) is 5.40. The van der Waals surface area contributed by atoms with Crippen LogP contribution in [0.25, 0.3) is 11.1 Å². The number of nitrogens with zero attached hydrogens (tertiary/aromatic N) is 1. The molecule has 0 fully saturated rings. The molecule has 0 aromatic heterocycles. The number of nitrogens with one attached hydrogen (secondary N) is 1. The van der Waals surface area contributed by atoms with Gasteiger partial charge in [-0.25, -0.2) is 13.1 Å². The van der Waals surface area contributed by atoms with Crippen LogP contribution in [0.2, 0.25) is 0 Å². The molecule has 0 atom stereocenters. The van der Waals surface area contributed by atoms with Crippen LogP contribution in [0.4, 0.5) is 5.69 Å². The molecule has 104 valence electrons. The molecule has 2 aromatic rings. The Morgan fingerprint density at radius 1 is 1.10 bits per heavy atom. The molecule has 0 radical (unpaired) electrons. The van der Waals surface area contributed by atoms with Crippen molar-refractivity contribution >= 4 is 15.7 Å². The van der Waals surface area contributed by atoms with Crippen LogP contribution >= 0.6 is 0 Å². The summed E-state index contributed by atoms with van der Waals surface area (Å²) in [4.78, 5) is 10.3. The Labute approximate surface area is 116 Å². The predicted molar refractivity (Wildman–Crippen MR) is 74.8 cm³/mol. The molecular formula is C13H12N2O4S. The van der Waals surface area contributed by atoms with Crippen molar-refractivity contribution in [2.24, 2.45) is 0 Å². The first-order chi connectivity index (χ1) is 9.45. The molecule has 7 heteroatoms. The molecule has 0 aliphatic carbocycles. The molecule has 0 bridgehead atoms. The highest BCUT2D eigenvalue weighted by Crippen LogP contribution is 2.30. The summed E-state index contributed by atoms with van der Waals surface area (Å²) in [7, 11) is -2.39. The summed E-state index contributed by atoms with van der Waals surface area (Å²) in [6, 6.07) is 12.4. The van der Waals surface area contributed by atoms with E-state index in [0.717, 1.165) is 0 Å². The molecule has 0 aliphatic heterocycles. The van der Waals surface area contributed by atoms with E-state index in [4.69, 9.17) is 0 Å². The van der Waals surface area contributed by atoms with Gasteiger partial charge < -0.3 is 0 Å². The van der Waals surface area contributed by atoms with Crippen molar-refractivity contribution in [3.63, 3.8) is 0 Å². The number of nitro groups is 1. The minimum absolute atomic E-state index is 0.0109. The molecule has 6 nitrogen and oxygen atoms in total. The molecule has 2 rings (SSSR count). The lowest BCUT2D eigenvalue weighted by molar-refractivity contribution is -0.384. The van der Waals surface area contributed by atoms with Crippen LogP contribution in [0, 0.1) is 10.1 Å². The van der Waals surface area contributed by atoms with Gasteiger partial charge in [0.15, 0.2) is 0 Å². The van der Waals surface area contributed by atoms with Gasteiger partial charge in [-0.3, -0.25) is 10.1 Å². The second-order valence-corrected chi connectivity index (χ2v) is 5.87. The predicted octanol–water partition coefficient (Wildman–Crippen LogP) is 2.17. The van der Waals surface area contributed by atoms with Gasteiger partial charge in [0.2, 0.25) is 10.0 Å². The van der Waals surface area contributed by atoms with Gasteiger partial charge in [-0.15, -0.1) is 0 Å². The molecule has 0 heterocycles. The zero-order valence-electron chi connectivity index (χ0n) is 10.6. The third kappa shape index (κ3) is 2.68. The molecule has 2 aromatic carbocycles. The molecule has 1 N–H and O–H groups in total. The average Bonchev–Trinajstić information content (AvgIpc) is 2.47. The Kier molecular flexibility index (Phi) is 3.82. The second-order valence-electron chi connectivity index (χ2n) is 4.01. The molecule has 0 amide bonds. The van der Waals surface area contributed by atoms with Crippen molar-refractivity contribution in [1.82, 2.24) is 4.72 Å². The maximum Gasteiger partial charge on any atom is 0.270 e. The van der Waals surface area contributed by atoms with Crippen LogP contribution in [0.3, 0.4) is 0 Å². The third-order valence-corrected chi connectivity index (χ3v) is 4.29. The number of non-ortho nitro benzene ring substituents is 1. The van der Waals surface area contributed by atoms with Gasteiger partial charge in [0.25, 0.3) is 5.69 Å². The first kappa shape index (κ1) is 14.2. The Morgan fingerprint density at radius 3 is 2.30 bits per heavy atom. The van der Waals surface area contributed by atoms with Gasteiger partial charge in [-0.1, -0.05) is 30.3 Å².